The summed E-state index contributed by atoms with van der Waals surface area (Å²) in [4.78, 5) is 12.6. The van der Waals surface area contributed by atoms with Crippen LogP contribution >= 0.6 is 11.6 Å². The van der Waals surface area contributed by atoms with Crippen LogP contribution in [0, 0.1) is 11.7 Å². The Labute approximate surface area is 145 Å². The van der Waals surface area contributed by atoms with E-state index in [9.17, 15) is 9.18 Å². The van der Waals surface area contributed by atoms with Gasteiger partial charge in [0.25, 0.3) is 0 Å². The summed E-state index contributed by atoms with van der Waals surface area (Å²) >= 11 is 6.32. The van der Waals surface area contributed by atoms with Crippen LogP contribution in [0.3, 0.4) is 0 Å². The molecule has 1 atom stereocenters. The van der Waals surface area contributed by atoms with Crippen molar-refractivity contribution in [2.45, 2.75) is 18.9 Å². The normalized spacial score (nSPS) is 16.6. The Bertz CT molecular complexity index is 699. The molecule has 0 spiro atoms. The van der Waals surface area contributed by atoms with Gasteiger partial charge in [0.05, 0.1) is 6.04 Å². The zero-order valence-corrected chi connectivity index (χ0v) is 13.9. The summed E-state index contributed by atoms with van der Waals surface area (Å²) in [5.74, 6) is -0.399. The predicted octanol–water partition coefficient (Wildman–Crippen LogP) is 4.11. The fourth-order valence-corrected chi connectivity index (χ4v) is 3.17. The fraction of sp³-hybridized carbons (Fsp3) is 0.316. The molecular formula is C19H19ClFNO2. The monoisotopic (exact) mass is 347 g/mol. The molecule has 0 bridgehead atoms. The average molecular weight is 348 g/mol. The lowest BCUT2D eigenvalue weighted by atomic mass is 9.95. The lowest BCUT2D eigenvalue weighted by molar-refractivity contribution is -0.128. The number of nitrogens with one attached hydrogen (secondary N) is 1. The minimum absolute atomic E-state index is 0.0208. The van der Waals surface area contributed by atoms with E-state index in [4.69, 9.17) is 16.3 Å². The standard InChI is InChI=1S/C19H19ClFNO2/c20-17-4-2-1-3-16(17)18(13-5-7-15(21)8-6-13)22-19(23)14-9-11-24-12-10-14/h1-8,14,18H,9-12H2,(H,22,23)/t18-/m1/s1. The van der Waals surface area contributed by atoms with Gasteiger partial charge in [-0.05, 0) is 42.2 Å². The number of benzene rings is 2. The molecule has 0 saturated carbocycles. The molecule has 3 rings (SSSR count). The van der Waals surface area contributed by atoms with Gasteiger partial charge in [-0.2, -0.15) is 0 Å². The van der Waals surface area contributed by atoms with E-state index in [-0.39, 0.29) is 17.6 Å². The molecule has 1 aliphatic heterocycles. The molecule has 5 heteroatoms. The summed E-state index contributed by atoms with van der Waals surface area (Å²) in [5.41, 5.74) is 1.59. The molecule has 1 heterocycles. The van der Waals surface area contributed by atoms with Gasteiger partial charge in [-0.25, -0.2) is 4.39 Å². The van der Waals surface area contributed by atoms with Gasteiger partial charge in [0, 0.05) is 24.2 Å². The van der Waals surface area contributed by atoms with Crippen LogP contribution in [0.1, 0.15) is 30.0 Å². The predicted molar refractivity (Wildman–Crippen MR) is 91.4 cm³/mol. The van der Waals surface area contributed by atoms with Crippen molar-refractivity contribution < 1.29 is 13.9 Å². The van der Waals surface area contributed by atoms with Crippen molar-refractivity contribution in [3.8, 4) is 0 Å². The van der Waals surface area contributed by atoms with Crippen LogP contribution in [-0.4, -0.2) is 19.1 Å². The number of hydrogen-bond acceptors (Lipinski definition) is 2. The van der Waals surface area contributed by atoms with E-state index in [1.807, 2.05) is 18.2 Å². The molecule has 0 aromatic heterocycles. The molecule has 1 amide bonds. The third kappa shape index (κ3) is 3.94. The highest BCUT2D eigenvalue weighted by molar-refractivity contribution is 6.31. The minimum Gasteiger partial charge on any atom is -0.381 e. The molecule has 24 heavy (non-hydrogen) atoms. The molecule has 126 valence electrons. The van der Waals surface area contributed by atoms with E-state index in [0.717, 1.165) is 11.1 Å². The van der Waals surface area contributed by atoms with Crippen LogP contribution in [0.4, 0.5) is 4.39 Å². The number of carbonyl (C=O) groups is 1. The smallest absolute Gasteiger partial charge is 0.224 e. The summed E-state index contributed by atoms with van der Waals surface area (Å²) < 4.78 is 18.6. The Morgan fingerprint density at radius 2 is 1.79 bits per heavy atom. The lowest BCUT2D eigenvalue weighted by Gasteiger charge is -2.26. The zero-order chi connectivity index (χ0) is 16.9. The van der Waals surface area contributed by atoms with Gasteiger partial charge in [-0.15, -0.1) is 0 Å². The van der Waals surface area contributed by atoms with E-state index >= 15 is 0 Å². The molecule has 0 unspecified atom stereocenters. The molecule has 3 nitrogen and oxygen atoms in total. The highest BCUT2D eigenvalue weighted by Crippen LogP contribution is 2.29. The van der Waals surface area contributed by atoms with Crippen LogP contribution in [0.25, 0.3) is 0 Å². The summed E-state index contributed by atoms with van der Waals surface area (Å²) in [6.45, 7) is 1.21. The summed E-state index contributed by atoms with van der Waals surface area (Å²) in [5, 5.41) is 3.65. The fourth-order valence-electron chi connectivity index (χ4n) is 2.92. The van der Waals surface area contributed by atoms with Gasteiger partial charge < -0.3 is 10.1 Å². The van der Waals surface area contributed by atoms with Crippen LogP contribution in [0.5, 0.6) is 0 Å². The maximum atomic E-state index is 13.3. The van der Waals surface area contributed by atoms with Gasteiger partial charge in [-0.3, -0.25) is 4.79 Å². The van der Waals surface area contributed by atoms with Crippen molar-refractivity contribution in [1.82, 2.24) is 5.32 Å². The third-order valence-electron chi connectivity index (χ3n) is 4.30. The third-order valence-corrected chi connectivity index (χ3v) is 4.64. The van der Waals surface area contributed by atoms with Crippen LogP contribution in [0.2, 0.25) is 5.02 Å². The zero-order valence-electron chi connectivity index (χ0n) is 13.2. The molecule has 2 aromatic rings. The summed E-state index contributed by atoms with van der Waals surface area (Å²) in [7, 11) is 0. The first-order chi connectivity index (χ1) is 11.6. The SMILES string of the molecule is O=C(N[C@H](c1ccc(F)cc1)c1ccccc1Cl)C1CCOCC1. The molecular weight excluding hydrogens is 329 g/mol. The quantitative estimate of drug-likeness (QED) is 0.903. The Morgan fingerprint density at radius 1 is 1.12 bits per heavy atom. The average Bonchev–Trinajstić information content (AvgIpc) is 2.62. The molecule has 1 saturated heterocycles. The molecule has 0 radical (unpaired) electrons. The van der Waals surface area contributed by atoms with Crippen LogP contribution < -0.4 is 5.32 Å². The number of halogens is 2. The summed E-state index contributed by atoms with van der Waals surface area (Å²) in [6.07, 6.45) is 1.43. The van der Waals surface area contributed by atoms with Gasteiger partial charge in [0.15, 0.2) is 0 Å². The van der Waals surface area contributed by atoms with Crippen molar-refractivity contribution in [2.24, 2.45) is 5.92 Å². The first-order valence-electron chi connectivity index (χ1n) is 8.03. The van der Waals surface area contributed by atoms with Crippen molar-refractivity contribution in [3.63, 3.8) is 0 Å². The van der Waals surface area contributed by atoms with Crippen LogP contribution in [0.15, 0.2) is 48.5 Å². The molecule has 2 aromatic carbocycles. The van der Waals surface area contributed by atoms with E-state index in [1.54, 1.807) is 18.2 Å². The molecule has 0 aliphatic carbocycles. The number of carbonyl (C=O) groups excluding carboxylic acids is 1. The Balaban J connectivity index is 1.88. The van der Waals surface area contributed by atoms with Crippen molar-refractivity contribution >= 4 is 17.5 Å². The van der Waals surface area contributed by atoms with Crippen molar-refractivity contribution in [2.75, 3.05) is 13.2 Å². The van der Waals surface area contributed by atoms with E-state index in [1.165, 1.54) is 12.1 Å². The van der Waals surface area contributed by atoms with Gasteiger partial charge in [-0.1, -0.05) is 41.9 Å². The first kappa shape index (κ1) is 16.9. The number of rotatable bonds is 4. The molecule has 1 aliphatic rings. The van der Waals surface area contributed by atoms with Gasteiger partial charge >= 0.3 is 0 Å². The van der Waals surface area contributed by atoms with E-state index < -0.39 is 6.04 Å². The Morgan fingerprint density at radius 3 is 2.46 bits per heavy atom. The van der Waals surface area contributed by atoms with Crippen molar-refractivity contribution in [3.05, 3.63) is 70.5 Å². The second-order valence-electron chi connectivity index (χ2n) is 5.90. The van der Waals surface area contributed by atoms with Crippen molar-refractivity contribution in [1.29, 1.82) is 0 Å². The topological polar surface area (TPSA) is 38.3 Å². The second-order valence-corrected chi connectivity index (χ2v) is 6.31. The number of amides is 1. The highest BCUT2D eigenvalue weighted by atomic mass is 35.5. The van der Waals surface area contributed by atoms with E-state index in [0.29, 0.717) is 31.1 Å². The van der Waals surface area contributed by atoms with Crippen LogP contribution in [-0.2, 0) is 9.53 Å². The maximum absolute atomic E-state index is 13.3. The molecule has 1 N–H and O–H groups in total. The minimum atomic E-state index is -0.408. The van der Waals surface area contributed by atoms with Gasteiger partial charge in [0.2, 0.25) is 5.91 Å². The maximum Gasteiger partial charge on any atom is 0.224 e. The number of hydrogen-bond donors (Lipinski definition) is 1. The Kier molecular flexibility index (Phi) is 5.48. The lowest BCUT2D eigenvalue weighted by Crippen LogP contribution is -2.37. The number of ether oxygens (including phenoxy) is 1. The summed E-state index contributed by atoms with van der Waals surface area (Å²) in [6, 6.07) is 13.1. The Hall–Kier alpha value is -1.91. The first-order valence-corrected chi connectivity index (χ1v) is 8.41. The highest BCUT2D eigenvalue weighted by Gasteiger charge is 2.26. The molecule has 1 fully saturated rings. The van der Waals surface area contributed by atoms with E-state index in [2.05, 4.69) is 5.32 Å². The second kappa shape index (κ2) is 7.77. The van der Waals surface area contributed by atoms with Gasteiger partial charge in [0.1, 0.15) is 5.82 Å². The largest absolute Gasteiger partial charge is 0.381 e.